The van der Waals surface area contributed by atoms with Crippen molar-refractivity contribution in [2.45, 2.75) is 58.5 Å². The van der Waals surface area contributed by atoms with Crippen LogP contribution in [0.1, 0.15) is 58.1 Å². The summed E-state index contributed by atoms with van der Waals surface area (Å²) in [5, 5.41) is 5.28. The average Bonchev–Trinajstić information content (AvgIpc) is 2.41. The van der Waals surface area contributed by atoms with Crippen molar-refractivity contribution in [1.29, 1.82) is 0 Å². The summed E-state index contributed by atoms with van der Waals surface area (Å²) in [5.41, 5.74) is 1.17. The molecule has 0 aromatic heterocycles. The van der Waals surface area contributed by atoms with Gasteiger partial charge in [0.2, 0.25) is 0 Å². The molecule has 2 rings (SSSR count). The van der Waals surface area contributed by atoms with Crippen LogP contribution in [0, 0.1) is 11.8 Å². The first-order chi connectivity index (χ1) is 9.51. The molecule has 0 amide bonds. The Morgan fingerprint density at radius 1 is 1.20 bits per heavy atom. The number of halogens is 2. The summed E-state index contributed by atoms with van der Waals surface area (Å²) in [4.78, 5) is 0. The maximum absolute atomic E-state index is 6.35. The van der Waals surface area contributed by atoms with Gasteiger partial charge in [-0.2, -0.15) is 0 Å². The van der Waals surface area contributed by atoms with Crippen LogP contribution in [0.25, 0.3) is 0 Å². The van der Waals surface area contributed by atoms with Crippen LogP contribution in [-0.4, -0.2) is 6.04 Å². The van der Waals surface area contributed by atoms with Gasteiger partial charge in [0, 0.05) is 22.1 Å². The predicted molar refractivity (Wildman–Crippen MR) is 88.6 cm³/mol. The van der Waals surface area contributed by atoms with Crippen LogP contribution in [0.2, 0.25) is 10.0 Å². The van der Waals surface area contributed by atoms with Gasteiger partial charge in [0.05, 0.1) is 0 Å². The molecule has 0 bridgehead atoms. The third kappa shape index (κ3) is 3.90. The first-order valence-electron chi connectivity index (χ1n) is 7.72. The van der Waals surface area contributed by atoms with Gasteiger partial charge in [0.25, 0.3) is 0 Å². The number of rotatable bonds is 4. The van der Waals surface area contributed by atoms with Crippen LogP contribution >= 0.6 is 23.2 Å². The molecule has 20 heavy (non-hydrogen) atoms. The monoisotopic (exact) mass is 313 g/mol. The molecule has 1 aliphatic carbocycles. The number of benzene rings is 1. The van der Waals surface area contributed by atoms with E-state index in [1.165, 1.54) is 24.8 Å². The normalized spacial score (nSPS) is 28.4. The minimum absolute atomic E-state index is 0.324. The molecule has 1 aliphatic rings. The van der Waals surface area contributed by atoms with Gasteiger partial charge in [-0.1, -0.05) is 50.0 Å². The molecule has 3 heteroatoms. The molecular formula is C17H25Cl2N. The first kappa shape index (κ1) is 16.1. The van der Waals surface area contributed by atoms with E-state index in [0.29, 0.717) is 17.1 Å². The van der Waals surface area contributed by atoms with E-state index in [0.717, 1.165) is 23.3 Å². The van der Waals surface area contributed by atoms with Crippen molar-refractivity contribution in [3.05, 3.63) is 33.8 Å². The fourth-order valence-electron chi connectivity index (χ4n) is 3.20. The Morgan fingerprint density at radius 2 is 1.95 bits per heavy atom. The van der Waals surface area contributed by atoms with Crippen LogP contribution in [-0.2, 0) is 0 Å². The van der Waals surface area contributed by atoms with Gasteiger partial charge in [-0.25, -0.2) is 0 Å². The van der Waals surface area contributed by atoms with E-state index in [2.05, 4.69) is 32.2 Å². The summed E-state index contributed by atoms with van der Waals surface area (Å²) < 4.78 is 0. The zero-order chi connectivity index (χ0) is 14.7. The lowest BCUT2D eigenvalue weighted by Crippen LogP contribution is -2.38. The summed E-state index contributed by atoms with van der Waals surface area (Å²) in [5.74, 6) is 1.66. The molecule has 0 saturated heterocycles. The van der Waals surface area contributed by atoms with Crippen LogP contribution in [0.4, 0.5) is 0 Å². The second-order valence-corrected chi connectivity index (χ2v) is 7.10. The summed E-state index contributed by atoms with van der Waals surface area (Å²) >= 11 is 12.3. The lowest BCUT2D eigenvalue weighted by atomic mass is 9.79. The molecule has 0 radical (unpaired) electrons. The molecule has 4 atom stereocenters. The second kappa shape index (κ2) is 7.15. The van der Waals surface area contributed by atoms with Crippen LogP contribution in [0.3, 0.4) is 0 Å². The van der Waals surface area contributed by atoms with Crippen molar-refractivity contribution in [3.63, 3.8) is 0 Å². The Kier molecular flexibility index (Phi) is 5.77. The van der Waals surface area contributed by atoms with E-state index in [-0.39, 0.29) is 0 Å². The van der Waals surface area contributed by atoms with E-state index in [4.69, 9.17) is 23.2 Å². The smallest absolute Gasteiger partial charge is 0.0468 e. The topological polar surface area (TPSA) is 12.0 Å². The standard InChI is InChI=1S/C17H25Cl2N/c1-4-17(15-8-6-13(18)10-16(15)19)20-14-7-5-11(2)12(3)9-14/h6,8,10-12,14,17,20H,4-5,7,9H2,1-3H3. The van der Waals surface area contributed by atoms with Gasteiger partial charge < -0.3 is 5.32 Å². The first-order valence-corrected chi connectivity index (χ1v) is 8.47. The molecule has 1 saturated carbocycles. The lowest BCUT2D eigenvalue weighted by Gasteiger charge is -2.35. The molecule has 1 nitrogen and oxygen atoms in total. The number of hydrogen-bond acceptors (Lipinski definition) is 1. The second-order valence-electron chi connectivity index (χ2n) is 6.26. The van der Waals surface area contributed by atoms with Crippen molar-refractivity contribution < 1.29 is 0 Å². The van der Waals surface area contributed by atoms with Gasteiger partial charge in [0.1, 0.15) is 0 Å². The summed E-state index contributed by atoms with van der Waals surface area (Å²) in [6, 6.07) is 6.76. The van der Waals surface area contributed by atoms with E-state index in [1.807, 2.05) is 12.1 Å². The predicted octanol–water partition coefficient (Wildman–Crippen LogP) is 5.86. The largest absolute Gasteiger partial charge is 0.307 e. The van der Waals surface area contributed by atoms with Crippen LogP contribution in [0.5, 0.6) is 0 Å². The zero-order valence-corrected chi connectivity index (χ0v) is 14.1. The Balaban J connectivity index is 2.05. The van der Waals surface area contributed by atoms with Crippen LogP contribution < -0.4 is 5.32 Å². The summed E-state index contributed by atoms with van der Waals surface area (Å²) in [7, 11) is 0. The summed E-state index contributed by atoms with van der Waals surface area (Å²) in [6.45, 7) is 6.94. The minimum atomic E-state index is 0.324. The molecule has 1 aromatic rings. The SMILES string of the molecule is CCC(NC1CCC(C)C(C)C1)c1ccc(Cl)cc1Cl. The molecular weight excluding hydrogens is 289 g/mol. The fourth-order valence-corrected chi connectivity index (χ4v) is 3.74. The van der Waals surface area contributed by atoms with Gasteiger partial charge in [0.15, 0.2) is 0 Å². The van der Waals surface area contributed by atoms with Gasteiger partial charge >= 0.3 is 0 Å². The van der Waals surface area contributed by atoms with E-state index in [9.17, 15) is 0 Å². The highest BCUT2D eigenvalue weighted by Gasteiger charge is 2.26. The Labute approximate surface area is 133 Å². The van der Waals surface area contributed by atoms with Crippen molar-refractivity contribution in [2.75, 3.05) is 0 Å². The highest BCUT2D eigenvalue weighted by molar-refractivity contribution is 6.35. The molecule has 0 heterocycles. The highest BCUT2D eigenvalue weighted by Crippen LogP contribution is 2.33. The average molecular weight is 314 g/mol. The van der Waals surface area contributed by atoms with Gasteiger partial charge in [-0.15, -0.1) is 0 Å². The molecule has 1 aromatic carbocycles. The lowest BCUT2D eigenvalue weighted by molar-refractivity contribution is 0.214. The van der Waals surface area contributed by atoms with Crippen molar-refractivity contribution in [1.82, 2.24) is 5.32 Å². The maximum atomic E-state index is 6.35. The minimum Gasteiger partial charge on any atom is -0.307 e. The van der Waals surface area contributed by atoms with Crippen molar-refractivity contribution in [2.24, 2.45) is 11.8 Å². The number of hydrogen-bond donors (Lipinski definition) is 1. The van der Waals surface area contributed by atoms with Gasteiger partial charge in [-0.3, -0.25) is 0 Å². The highest BCUT2D eigenvalue weighted by atomic mass is 35.5. The zero-order valence-electron chi connectivity index (χ0n) is 12.6. The quantitative estimate of drug-likeness (QED) is 0.734. The van der Waals surface area contributed by atoms with E-state index >= 15 is 0 Å². The molecule has 112 valence electrons. The van der Waals surface area contributed by atoms with E-state index < -0.39 is 0 Å². The molecule has 0 aliphatic heterocycles. The molecule has 1 fully saturated rings. The van der Waals surface area contributed by atoms with Crippen molar-refractivity contribution in [3.8, 4) is 0 Å². The Morgan fingerprint density at radius 3 is 2.55 bits per heavy atom. The van der Waals surface area contributed by atoms with Crippen molar-refractivity contribution >= 4 is 23.2 Å². The molecule has 1 N–H and O–H groups in total. The third-order valence-corrected chi connectivity index (χ3v) is 5.34. The Bertz CT molecular complexity index is 447. The Hall–Kier alpha value is -0.240. The third-order valence-electron chi connectivity index (χ3n) is 4.78. The van der Waals surface area contributed by atoms with E-state index in [1.54, 1.807) is 0 Å². The number of nitrogens with one attached hydrogen (secondary N) is 1. The molecule has 0 spiro atoms. The summed E-state index contributed by atoms with van der Waals surface area (Å²) in [6.07, 6.45) is 4.90. The van der Waals surface area contributed by atoms with Crippen LogP contribution in [0.15, 0.2) is 18.2 Å². The fraction of sp³-hybridized carbons (Fsp3) is 0.647. The maximum Gasteiger partial charge on any atom is 0.0468 e. The van der Waals surface area contributed by atoms with Gasteiger partial charge in [-0.05, 0) is 55.2 Å². The molecule has 4 unspecified atom stereocenters.